The summed E-state index contributed by atoms with van der Waals surface area (Å²) in [7, 11) is 0. The van der Waals surface area contributed by atoms with E-state index in [0.717, 1.165) is 39.0 Å². The van der Waals surface area contributed by atoms with E-state index >= 15 is 0 Å². The van der Waals surface area contributed by atoms with Gasteiger partial charge in [0.05, 0.1) is 5.69 Å². The third-order valence-corrected chi connectivity index (χ3v) is 5.86. The Morgan fingerprint density at radius 1 is 0.594 bits per heavy atom. The first-order valence-corrected chi connectivity index (χ1v) is 11.3. The van der Waals surface area contributed by atoms with E-state index in [9.17, 15) is 0 Å². The van der Waals surface area contributed by atoms with Gasteiger partial charge in [0.25, 0.3) is 0 Å². The van der Waals surface area contributed by atoms with Crippen molar-refractivity contribution in [1.29, 1.82) is 0 Å². The summed E-state index contributed by atoms with van der Waals surface area (Å²) in [5.74, 6) is 0. The molecular weight excluding hydrogens is 410 g/mol. The van der Waals surface area contributed by atoms with Gasteiger partial charge in [-0.1, -0.05) is 60.7 Å². The Morgan fingerprint density at radius 3 is 1.84 bits per heavy atom. The van der Waals surface area contributed by atoms with Crippen LogP contribution in [0.4, 0.5) is 17.1 Å². The van der Waals surface area contributed by atoms with Crippen molar-refractivity contribution < 1.29 is 0 Å². The van der Waals surface area contributed by atoms with E-state index in [-0.39, 0.29) is 0 Å². The summed E-state index contributed by atoms with van der Waals surface area (Å²) in [6.45, 7) is 0. The third kappa shape index (κ3) is 4.51. The summed E-state index contributed by atoms with van der Waals surface area (Å²) in [6.07, 6.45) is 5.94. The molecule has 2 aromatic heterocycles. The second-order valence-electron chi connectivity index (χ2n) is 7.22. The summed E-state index contributed by atoms with van der Waals surface area (Å²) >= 11 is 1.62. The molecule has 0 spiro atoms. The maximum Gasteiger partial charge on any atom is 0.116 e. The van der Waals surface area contributed by atoms with Crippen LogP contribution >= 0.6 is 11.3 Å². The number of thiazole rings is 1. The molecule has 0 amide bonds. The lowest BCUT2D eigenvalue weighted by Gasteiger charge is -2.25. The maximum absolute atomic E-state index is 4.68. The van der Waals surface area contributed by atoms with Gasteiger partial charge in [0.15, 0.2) is 0 Å². The average Bonchev–Trinajstić information content (AvgIpc) is 3.35. The van der Waals surface area contributed by atoms with Crippen molar-refractivity contribution in [2.24, 2.45) is 0 Å². The fourth-order valence-corrected chi connectivity index (χ4v) is 4.20. The molecule has 0 aliphatic rings. The zero-order valence-corrected chi connectivity index (χ0v) is 18.2. The zero-order valence-electron chi connectivity index (χ0n) is 17.4. The number of pyridine rings is 1. The van der Waals surface area contributed by atoms with Crippen LogP contribution in [0.5, 0.6) is 0 Å². The smallest absolute Gasteiger partial charge is 0.116 e. The topological polar surface area (TPSA) is 29.0 Å². The molecule has 0 aliphatic heterocycles. The molecule has 2 heterocycles. The lowest BCUT2D eigenvalue weighted by Crippen LogP contribution is -2.09. The molecule has 0 bridgehead atoms. The van der Waals surface area contributed by atoms with Crippen LogP contribution in [0.3, 0.4) is 0 Å². The molecule has 0 unspecified atom stereocenters. The third-order valence-electron chi connectivity index (χ3n) is 5.05. The van der Waals surface area contributed by atoms with Gasteiger partial charge in [-0.15, -0.1) is 11.3 Å². The summed E-state index contributed by atoms with van der Waals surface area (Å²) in [5.41, 5.74) is 6.32. The van der Waals surface area contributed by atoms with Gasteiger partial charge in [-0.05, 0) is 60.2 Å². The van der Waals surface area contributed by atoms with E-state index in [0.29, 0.717) is 0 Å². The van der Waals surface area contributed by atoms with Crippen LogP contribution in [0.1, 0.15) is 10.6 Å². The minimum atomic E-state index is 0.898. The van der Waals surface area contributed by atoms with Crippen LogP contribution in [-0.4, -0.2) is 9.97 Å². The summed E-state index contributed by atoms with van der Waals surface area (Å²) in [5, 5.41) is 3.01. The first-order chi connectivity index (χ1) is 15.9. The number of aromatic nitrogens is 2. The molecule has 0 saturated carbocycles. The Kier molecular flexibility index (Phi) is 5.86. The second kappa shape index (κ2) is 9.41. The van der Waals surface area contributed by atoms with Crippen molar-refractivity contribution in [3.63, 3.8) is 0 Å². The Hall–Kier alpha value is -4.02. The van der Waals surface area contributed by atoms with Crippen molar-refractivity contribution in [2.75, 3.05) is 4.90 Å². The van der Waals surface area contributed by atoms with Gasteiger partial charge in [-0.25, -0.2) is 4.98 Å². The van der Waals surface area contributed by atoms with Gasteiger partial charge < -0.3 is 4.90 Å². The quantitative estimate of drug-likeness (QED) is 0.274. The fraction of sp³-hybridized carbons (Fsp3) is 0. The number of anilines is 3. The molecule has 0 aliphatic carbocycles. The molecule has 5 aromatic rings. The average molecular weight is 432 g/mol. The highest BCUT2D eigenvalue weighted by Gasteiger charge is 2.11. The number of hydrogen-bond acceptors (Lipinski definition) is 4. The van der Waals surface area contributed by atoms with Crippen molar-refractivity contribution in [1.82, 2.24) is 9.97 Å². The maximum atomic E-state index is 4.68. The fourth-order valence-electron chi connectivity index (χ4n) is 3.50. The molecule has 32 heavy (non-hydrogen) atoms. The number of hydrogen-bond donors (Lipinski definition) is 0. The zero-order chi connectivity index (χ0) is 21.6. The lowest BCUT2D eigenvalue weighted by atomic mass is 10.1. The van der Waals surface area contributed by atoms with E-state index in [1.807, 2.05) is 35.7 Å². The van der Waals surface area contributed by atoms with Gasteiger partial charge in [0.1, 0.15) is 10.7 Å². The van der Waals surface area contributed by atoms with E-state index in [2.05, 4.69) is 99.8 Å². The van der Waals surface area contributed by atoms with Gasteiger partial charge in [0.2, 0.25) is 0 Å². The van der Waals surface area contributed by atoms with Crippen molar-refractivity contribution in [3.8, 4) is 11.4 Å². The molecule has 4 heteroatoms. The number of rotatable bonds is 6. The Labute approximate surface area is 192 Å². The van der Waals surface area contributed by atoms with Crippen LogP contribution < -0.4 is 4.90 Å². The van der Waals surface area contributed by atoms with Crippen LogP contribution in [0.15, 0.2) is 115 Å². The van der Waals surface area contributed by atoms with E-state index in [1.165, 1.54) is 0 Å². The molecule has 0 radical (unpaired) electrons. The monoisotopic (exact) mass is 431 g/mol. The van der Waals surface area contributed by atoms with Crippen LogP contribution in [-0.2, 0) is 0 Å². The largest absolute Gasteiger partial charge is 0.311 e. The standard InChI is InChI=1S/C28H21N3S/c1-3-9-23(10-4-1)31(24-11-5-2-6-12-24)25-17-14-22(15-18-25)16-19-28-30-27(21-32-28)26-13-7-8-20-29-26/h1-21H/b19-16+. The molecule has 5 rings (SSSR count). The molecule has 0 fully saturated rings. The highest BCUT2D eigenvalue weighted by Crippen LogP contribution is 2.34. The van der Waals surface area contributed by atoms with E-state index < -0.39 is 0 Å². The van der Waals surface area contributed by atoms with E-state index in [1.54, 1.807) is 17.5 Å². The minimum Gasteiger partial charge on any atom is -0.311 e. The van der Waals surface area contributed by atoms with Crippen LogP contribution in [0, 0.1) is 0 Å². The predicted octanol–water partition coefficient (Wildman–Crippen LogP) is 7.85. The van der Waals surface area contributed by atoms with Gasteiger partial charge in [-0.3, -0.25) is 4.98 Å². The first kappa shape index (κ1) is 19.9. The molecule has 154 valence electrons. The number of para-hydroxylation sites is 2. The normalized spacial score (nSPS) is 11.0. The van der Waals surface area contributed by atoms with Gasteiger partial charge in [-0.2, -0.15) is 0 Å². The van der Waals surface area contributed by atoms with Crippen molar-refractivity contribution in [3.05, 3.63) is 125 Å². The molecule has 3 aromatic carbocycles. The van der Waals surface area contributed by atoms with Gasteiger partial charge >= 0.3 is 0 Å². The Bertz CT molecular complexity index is 1260. The van der Waals surface area contributed by atoms with Crippen LogP contribution in [0.25, 0.3) is 23.5 Å². The van der Waals surface area contributed by atoms with Crippen LogP contribution in [0.2, 0.25) is 0 Å². The first-order valence-electron chi connectivity index (χ1n) is 10.4. The minimum absolute atomic E-state index is 0.898. The Balaban J connectivity index is 1.38. The van der Waals surface area contributed by atoms with Crippen molar-refractivity contribution in [2.45, 2.75) is 0 Å². The van der Waals surface area contributed by atoms with E-state index in [4.69, 9.17) is 0 Å². The lowest BCUT2D eigenvalue weighted by molar-refractivity contribution is 1.27. The highest BCUT2D eigenvalue weighted by molar-refractivity contribution is 7.10. The summed E-state index contributed by atoms with van der Waals surface area (Å²) < 4.78 is 0. The SMILES string of the molecule is C(=C\c1nc(-c2ccccn2)cs1)/c1ccc(N(c2ccccc2)c2ccccc2)cc1. The molecule has 3 nitrogen and oxygen atoms in total. The molecule has 0 N–H and O–H groups in total. The number of benzene rings is 3. The van der Waals surface area contributed by atoms with Gasteiger partial charge in [0, 0.05) is 28.6 Å². The Morgan fingerprint density at radius 2 is 1.22 bits per heavy atom. The highest BCUT2D eigenvalue weighted by atomic mass is 32.1. The summed E-state index contributed by atoms with van der Waals surface area (Å²) in [4.78, 5) is 11.3. The summed E-state index contributed by atoms with van der Waals surface area (Å²) in [6, 6.07) is 35.3. The van der Waals surface area contributed by atoms with Crippen molar-refractivity contribution >= 4 is 40.6 Å². The number of nitrogens with zero attached hydrogens (tertiary/aromatic N) is 3. The molecular formula is C28H21N3S. The predicted molar refractivity (Wildman–Crippen MR) is 135 cm³/mol. The molecule has 0 saturated heterocycles. The molecule has 0 atom stereocenters. The second-order valence-corrected chi connectivity index (χ2v) is 8.11.